The van der Waals surface area contributed by atoms with Crippen molar-refractivity contribution in [2.45, 2.75) is 20.3 Å². The fourth-order valence-electron chi connectivity index (χ4n) is 4.24. The minimum Gasteiger partial charge on any atom is -0.496 e. The standard InChI is InChI=1S/C25H27N5O4/c1-17-22(16-19-8-10-20(11-9-19)30(32)33)24(27-18(2)26-17)28-12-14-29(15-13-28)25(31)21-6-4-5-7-23(21)34-3/h4-11H,12-16H2,1-3H3. The van der Waals surface area contributed by atoms with Crippen LogP contribution in [0.15, 0.2) is 48.5 Å². The first kappa shape index (κ1) is 23.2. The molecule has 0 saturated carbocycles. The summed E-state index contributed by atoms with van der Waals surface area (Å²) in [4.78, 5) is 36.9. The van der Waals surface area contributed by atoms with Gasteiger partial charge in [0.25, 0.3) is 11.6 Å². The molecule has 0 atom stereocenters. The van der Waals surface area contributed by atoms with Gasteiger partial charge >= 0.3 is 0 Å². The summed E-state index contributed by atoms with van der Waals surface area (Å²) < 4.78 is 5.35. The van der Waals surface area contributed by atoms with Gasteiger partial charge in [0.1, 0.15) is 17.4 Å². The van der Waals surface area contributed by atoms with Gasteiger partial charge in [-0.2, -0.15) is 0 Å². The summed E-state index contributed by atoms with van der Waals surface area (Å²) >= 11 is 0. The van der Waals surface area contributed by atoms with Crippen molar-refractivity contribution in [3.63, 3.8) is 0 Å². The molecule has 2 aromatic carbocycles. The maximum atomic E-state index is 13.1. The molecule has 1 aliphatic heterocycles. The third-order valence-corrected chi connectivity index (χ3v) is 6.04. The van der Waals surface area contributed by atoms with Crippen LogP contribution in [-0.2, 0) is 6.42 Å². The van der Waals surface area contributed by atoms with E-state index in [0.717, 1.165) is 22.6 Å². The monoisotopic (exact) mass is 461 g/mol. The van der Waals surface area contributed by atoms with Crippen LogP contribution in [-0.4, -0.2) is 59.0 Å². The van der Waals surface area contributed by atoms with Crippen LogP contribution in [0.1, 0.15) is 33.0 Å². The van der Waals surface area contributed by atoms with Crippen LogP contribution in [0.3, 0.4) is 0 Å². The molecule has 0 radical (unpaired) electrons. The van der Waals surface area contributed by atoms with E-state index >= 15 is 0 Å². The molecule has 4 rings (SSSR count). The second-order valence-electron chi connectivity index (χ2n) is 8.24. The van der Waals surface area contributed by atoms with Crippen molar-refractivity contribution in [2.24, 2.45) is 0 Å². The molecule has 1 aromatic heterocycles. The SMILES string of the molecule is COc1ccccc1C(=O)N1CCN(c2nc(C)nc(C)c2Cc2ccc([N+](=O)[O-])cc2)CC1. The average Bonchev–Trinajstić information content (AvgIpc) is 2.85. The molecule has 9 heteroatoms. The van der Waals surface area contributed by atoms with Gasteiger partial charge < -0.3 is 14.5 Å². The molecule has 0 aliphatic carbocycles. The summed E-state index contributed by atoms with van der Waals surface area (Å²) in [6, 6.07) is 13.8. The molecule has 1 saturated heterocycles. The van der Waals surface area contributed by atoms with Crippen molar-refractivity contribution in [3.8, 4) is 5.75 Å². The van der Waals surface area contributed by atoms with E-state index in [4.69, 9.17) is 9.72 Å². The van der Waals surface area contributed by atoms with Crippen molar-refractivity contribution >= 4 is 17.4 Å². The number of hydrogen-bond donors (Lipinski definition) is 0. The van der Waals surface area contributed by atoms with Crippen LogP contribution in [0.2, 0.25) is 0 Å². The van der Waals surface area contributed by atoms with E-state index in [1.807, 2.05) is 30.9 Å². The molecular formula is C25H27N5O4. The molecule has 2 heterocycles. The number of aromatic nitrogens is 2. The molecule has 176 valence electrons. The Bertz CT molecular complexity index is 1200. The lowest BCUT2D eigenvalue weighted by molar-refractivity contribution is -0.384. The first-order valence-electron chi connectivity index (χ1n) is 11.1. The number of para-hydroxylation sites is 1. The average molecular weight is 462 g/mol. The molecule has 9 nitrogen and oxygen atoms in total. The Morgan fingerprint density at radius 2 is 1.71 bits per heavy atom. The molecule has 3 aromatic rings. The number of hydrogen-bond acceptors (Lipinski definition) is 7. The maximum absolute atomic E-state index is 13.1. The Labute approximate surface area is 198 Å². The van der Waals surface area contributed by atoms with Gasteiger partial charge in [-0.1, -0.05) is 24.3 Å². The normalized spacial score (nSPS) is 13.6. The van der Waals surface area contributed by atoms with E-state index in [1.54, 1.807) is 31.4 Å². The number of aryl methyl sites for hydroxylation is 2. The number of benzene rings is 2. The Balaban J connectivity index is 1.52. The van der Waals surface area contributed by atoms with Crippen molar-refractivity contribution in [2.75, 3.05) is 38.2 Å². The van der Waals surface area contributed by atoms with Crippen LogP contribution in [0.25, 0.3) is 0 Å². The molecule has 1 amide bonds. The van der Waals surface area contributed by atoms with Gasteiger partial charge in [-0.05, 0) is 31.5 Å². The number of ether oxygens (including phenoxy) is 1. The summed E-state index contributed by atoms with van der Waals surface area (Å²) in [5.74, 6) is 2.07. The van der Waals surface area contributed by atoms with E-state index < -0.39 is 4.92 Å². The first-order chi connectivity index (χ1) is 16.4. The van der Waals surface area contributed by atoms with Gasteiger partial charge in [0.2, 0.25) is 0 Å². The minimum atomic E-state index is -0.402. The van der Waals surface area contributed by atoms with E-state index in [9.17, 15) is 14.9 Å². The zero-order valence-electron chi connectivity index (χ0n) is 19.5. The van der Waals surface area contributed by atoms with Crippen LogP contribution >= 0.6 is 0 Å². The quantitative estimate of drug-likeness (QED) is 0.408. The lowest BCUT2D eigenvalue weighted by atomic mass is 10.0. The molecule has 0 spiro atoms. The molecule has 0 unspecified atom stereocenters. The maximum Gasteiger partial charge on any atom is 0.269 e. The number of carbonyl (C=O) groups excluding carboxylic acids is 1. The van der Waals surface area contributed by atoms with Gasteiger partial charge in [0.15, 0.2) is 0 Å². The molecular weight excluding hydrogens is 434 g/mol. The predicted molar refractivity (Wildman–Crippen MR) is 129 cm³/mol. The number of nitrogens with zero attached hydrogens (tertiary/aromatic N) is 5. The number of nitro benzene ring substituents is 1. The predicted octanol–water partition coefficient (Wildman–Crippen LogP) is 3.56. The lowest BCUT2D eigenvalue weighted by Gasteiger charge is -2.36. The number of methoxy groups -OCH3 is 1. The molecule has 0 N–H and O–H groups in total. The third-order valence-electron chi connectivity index (χ3n) is 6.04. The largest absolute Gasteiger partial charge is 0.496 e. The summed E-state index contributed by atoms with van der Waals surface area (Å²) in [7, 11) is 1.57. The van der Waals surface area contributed by atoms with Gasteiger partial charge in [-0.3, -0.25) is 14.9 Å². The summed E-state index contributed by atoms with van der Waals surface area (Å²) in [5, 5.41) is 11.0. The summed E-state index contributed by atoms with van der Waals surface area (Å²) in [6.07, 6.45) is 0.569. The molecule has 1 aliphatic rings. The number of amides is 1. The number of carbonyl (C=O) groups is 1. The second kappa shape index (κ2) is 9.86. The molecule has 1 fully saturated rings. The highest BCUT2D eigenvalue weighted by molar-refractivity contribution is 5.97. The zero-order chi connectivity index (χ0) is 24.2. The minimum absolute atomic E-state index is 0.0433. The van der Waals surface area contributed by atoms with Crippen LogP contribution in [0.4, 0.5) is 11.5 Å². The zero-order valence-corrected chi connectivity index (χ0v) is 19.5. The van der Waals surface area contributed by atoms with E-state index in [-0.39, 0.29) is 11.6 Å². The highest BCUT2D eigenvalue weighted by Crippen LogP contribution is 2.27. The van der Waals surface area contributed by atoms with E-state index in [2.05, 4.69) is 9.88 Å². The van der Waals surface area contributed by atoms with E-state index in [1.165, 1.54) is 12.1 Å². The van der Waals surface area contributed by atoms with Crippen molar-refractivity contribution in [1.29, 1.82) is 0 Å². The second-order valence-corrected chi connectivity index (χ2v) is 8.24. The first-order valence-corrected chi connectivity index (χ1v) is 11.1. The Hall–Kier alpha value is -4.01. The third kappa shape index (κ3) is 4.83. The highest BCUT2D eigenvalue weighted by Gasteiger charge is 2.26. The summed E-state index contributed by atoms with van der Waals surface area (Å²) in [6.45, 7) is 6.24. The molecule has 0 bridgehead atoms. The number of anilines is 1. The van der Waals surface area contributed by atoms with Gasteiger partial charge in [0, 0.05) is 56.0 Å². The lowest BCUT2D eigenvalue weighted by Crippen LogP contribution is -2.49. The Kier molecular flexibility index (Phi) is 6.72. The number of non-ortho nitro benzene ring substituents is 1. The van der Waals surface area contributed by atoms with Crippen molar-refractivity contribution in [3.05, 3.63) is 86.9 Å². The topological polar surface area (TPSA) is 102 Å². The number of rotatable bonds is 6. The van der Waals surface area contributed by atoms with Crippen LogP contribution in [0, 0.1) is 24.0 Å². The number of nitro groups is 1. The highest BCUT2D eigenvalue weighted by atomic mass is 16.6. The van der Waals surface area contributed by atoms with E-state index in [0.29, 0.717) is 49.7 Å². The fourth-order valence-corrected chi connectivity index (χ4v) is 4.24. The smallest absolute Gasteiger partial charge is 0.269 e. The Morgan fingerprint density at radius 3 is 2.35 bits per heavy atom. The van der Waals surface area contributed by atoms with Crippen molar-refractivity contribution < 1.29 is 14.5 Å². The number of piperazine rings is 1. The summed E-state index contributed by atoms with van der Waals surface area (Å²) in [5.41, 5.74) is 3.45. The van der Waals surface area contributed by atoms with Crippen LogP contribution in [0.5, 0.6) is 5.75 Å². The molecule has 34 heavy (non-hydrogen) atoms. The Morgan fingerprint density at radius 1 is 1.03 bits per heavy atom. The van der Waals surface area contributed by atoms with Gasteiger partial charge in [-0.25, -0.2) is 9.97 Å². The van der Waals surface area contributed by atoms with Crippen LogP contribution < -0.4 is 9.64 Å². The van der Waals surface area contributed by atoms with Crippen molar-refractivity contribution in [1.82, 2.24) is 14.9 Å². The van der Waals surface area contributed by atoms with Gasteiger partial charge in [-0.15, -0.1) is 0 Å². The fraction of sp³-hybridized carbons (Fsp3) is 0.320. The van der Waals surface area contributed by atoms with Gasteiger partial charge in [0.05, 0.1) is 17.6 Å².